The van der Waals surface area contributed by atoms with Crippen LogP contribution >= 0.6 is 11.8 Å². The van der Waals surface area contributed by atoms with Gasteiger partial charge in [0.25, 0.3) is 5.56 Å². The van der Waals surface area contributed by atoms with Crippen molar-refractivity contribution >= 4 is 17.4 Å². The number of aromatic nitrogens is 2. The summed E-state index contributed by atoms with van der Waals surface area (Å²) in [5.41, 5.74) is 6.40. The van der Waals surface area contributed by atoms with E-state index in [-0.39, 0.29) is 5.56 Å². The molecular formula is C11H8N4OS. The lowest BCUT2D eigenvalue weighted by atomic mass is 10.2. The highest BCUT2D eigenvalue weighted by Gasteiger charge is 2.07. The molecule has 0 aliphatic heterocycles. The molecular weight excluding hydrogens is 236 g/mol. The first kappa shape index (κ1) is 11.2. The second kappa shape index (κ2) is 4.72. The minimum Gasteiger partial charge on any atom is -0.397 e. The third kappa shape index (κ3) is 2.46. The number of anilines is 1. The van der Waals surface area contributed by atoms with Gasteiger partial charge in [0.2, 0.25) is 0 Å². The average molecular weight is 244 g/mol. The summed E-state index contributed by atoms with van der Waals surface area (Å²) in [4.78, 5) is 18.4. The largest absolute Gasteiger partial charge is 0.397 e. The predicted octanol–water partition coefficient (Wildman–Crippen LogP) is 1.37. The molecule has 0 aliphatic rings. The first-order valence-electron chi connectivity index (χ1n) is 4.72. The number of nitrogens with one attached hydrogen (secondary N) is 1. The number of nitrogens with two attached hydrogens (primary N) is 1. The van der Waals surface area contributed by atoms with Gasteiger partial charge < -0.3 is 10.7 Å². The van der Waals surface area contributed by atoms with Gasteiger partial charge in [-0.05, 0) is 23.9 Å². The third-order valence-corrected chi connectivity index (χ3v) is 3.02. The topological polar surface area (TPSA) is 95.6 Å². The van der Waals surface area contributed by atoms with E-state index < -0.39 is 0 Å². The van der Waals surface area contributed by atoms with E-state index in [1.54, 1.807) is 18.2 Å². The standard InChI is InChI=1S/C11H8N4OS/c12-6-7-2-1-3-8(10(7)13)17-11-14-5-4-9(16)15-11/h1-5H,13H2,(H,14,15,16). The van der Waals surface area contributed by atoms with Crippen LogP contribution in [0.15, 0.2) is 45.3 Å². The molecule has 0 amide bonds. The van der Waals surface area contributed by atoms with Crippen molar-refractivity contribution in [1.82, 2.24) is 9.97 Å². The van der Waals surface area contributed by atoms with Gasteiger partial charge in [0.15, 0.2) is 5.16 Å². The number of rotatable bonds is 2. The smallest absolute Gasteiger partial charge is 0.251 e. The molecule has 0 atom stereocenters. The zero-order valence-corrected chi connectivity index (χ0v) is 9.49. The van der Waals surface area contributed by atoms with Gasteiger partial charge in [-0.2, -0.15) is 5.26 Å². The molecule has 84 valence electrons. The molecule has 0 unspecified atom stereocenters. The number of nitriles is 1. The van der Waals surface area contributed by atoms with Gasteiger partial charge >= 0.3 is 0 Å². The number of aromatic amines is 1. The molecule has 0 saturated heterocycles. The van der Waals surface area contributed by atoms with Crippen LogP contribution in [0.25, 0.3) is 0 Å². The van der Waals surface area contributed by atoms with Crippen molar-refractivity contribution in [3.05, 3.63) is 46.4 Å². The Kier molecular flexibility index (Phi) is 3.12. The monoisotopic (exact) mass is 244 g/mol. The second-order valence-electron chi connectivity index (χ2n) is 3.17. The van der Waals surface area contributed by atoms with Crippen LogP contribution in [0.4, 0.5) is 5.69 Å². The number of para-hydroxylation sites is 1. The number of nitrogens with zero attached hydrogens (tertiary/aromatic N) is 2. The van der Waals surface area contributed by atoms with E-state index in [1.807, 2.05) is 6.07 Å². The van der Waals surface area contributed by atoms with Gasteiger partial charge in [0.05, 0.1) is 11.3 Å². The maximum Gasteiger partial charge on any atom is 0.251 e. The lowest BCUT2D eigenvalue weighted by Crippen LogP contribution is -2.05. The summed E-state index contributed by atoms with van der Waals surface area (Å²) in [7, 11) is 0. The maximum absolute atomic E-state index is 11.1. The van der Waals surface area contributed by atoms with E-state index in [1.165, 1.54) is 24.0 Å². The van der Waals surface area contributed by atoms with E-state index in [9.17, 15) is 4.79 Å². The summed E-state index contributed by atoms with van der Waals surface area (Å²) in [5.74, 6) is 0. The summed E-state index contributed by atoms with van der Waals surface area (Å²) in [6, 6.07) is 8.48. The van der Waals surface area contributed by atoms with Gasteiger partial charge in [0.1, 0.15) is 6.07 Å². The summed E-state index contributed by atoms with van der Waals surface area (Å²) < 4.78 is 0. The lowest BCUT2D eigenvalue weighted by Gasteiger charge is -2.05. The second-order valence-corrected chi connectivity index (χ2v) is 4.20. The van der Waals surface area contributed by atoms with E-state index in [0.717, 1.165) is 0 Å². The summed E-state index contributed by atoms with van der Waals surface area (Å²) in [6.45, 7) is 0. The van der Waals surface area contributed by atoms with E-state index in [2.05, 4.69) is 9.97 Å². The molecule has 1 heterocycles. The first-order chi connectivity index (χ1) is 8.20. The Morgan fingerprint density at radius 2 is 2.24 bits per heavy atom. The van der Waals surface area contributed by atoms with E-state index >= 15 is 0 Å². The number of benzene rings is 1. The van der Waals surface area contributed by atoms with Crippen LogP contribution < -0.4 is 11.3 Å². The van der Waals surface area contributed by atoms with E-state index in [4.69, 9.17) is 11.0 Å². The van der Waals surface area contributed by atoms with E-state index in [0.29, 0.717) is 21.3 Å². The summed E-state index contributed by atoms with van der Waals surface area (Å²) in [6.07, 6.45) is 1.42. The van der Waals surface area contributed by atoms with Gasteiger partial charge in [-0.25, -0.2) is 4.98 Å². The van der Waals surface area contributed by atoms with Crippen molar-refractivity contribution in [2.45, 2.75) is 10.1 Å². The molecule has 1 aromatic carbocycles. The Bertz CT molecular complexity index is 644. The normalized spacial score (nSPS) is 9.82. The SMILES string of the molecule is N#Cc1cccc(Sc2nccc(=O)[nH]2)c1N. The Morgan fingerprint density at radius 1 is 1.41 bits per heavy atom. The van der Waals surface area contributed by atoms with Crippen molar-refractivity contribution in [2.75, 3.05) is 5.73 Å². The van der Waals surface area contributed by atoms with Gasteiger partial charge in [-0.15, -0.1) is 0 Å². The molecule has 0 saturated carbocycles. The molecule has 2 aromatic rings. The van der Waals surface area contributed by atoms with Crippen molar-refractivity contribution in [3.63, 3.8) is 0 Å². The summed E-state index contributed by atoms with van der Waals surface area (Å²) in [5, 5.41) is 9.28. The van der Waals surface area contributed by atoms with Gasteiger partial charge in [0, 0.05) is 17.2 Å². The van der Waals surface area contributed by atoms with Crippen LogP contribution in [-0.2, 0) is 0 Å². The minimum atomic E-state index is -0.225. The molecule has 3 N–H and O–H groups in total. The highest BCUT2D eigenvalue weighted by atomic mass is 32.2. The van der Waals surface area contributed by atoms with Gasteiger partial charge in [-0.3, -0.25) is 4.79 Å². The van der Waals surface area contributed by atoms with Crippen molar-refractivity contribution in [3.8, 4) is 6.07 Å². The number of H-pyrrole nitrogens is 1. The maximum atomic E-state index is 11.1. The van der Waals surface area contributed by atoms with Crippen LogP contribution in [0.3, 0.4) is 0 Å². The van der Waals surface area contributed by atoms with Crippen molar-refractivity contribution < 1.29 is 0 Å². The lowest BCUT2D eigenvalue weighted by molar-refractivity contribution is 0.937. The van der Waals surface area contributed by atoms with Crippen LogP contribution in [0.5, 0.6) is 0 Å². The summed E-state index contributed by atoms with van der Waals surface area (Å²) >= 11 is 1.22. The van der Waals surface area contributed by atoms with Gasteiger partial charge in [-0.1, -0.05) is 6.07 Å². The first-order valence-corrected chi connectivity index (χ1v) is 5.54. The number of hydrogen-bond donors (Lipinski definition) is 2. The minimum absolute atomic E-state index is 0.225. The van der Waals surface area contributed by atoms with Crippen LogP contribution in [0.2, 0.25) is 0 Å². The van der Waals surface area contributed by atoms with Crippen LogP contribution in [0, 0.1) is 11.3 Å². The molecule has 6 heteroatoms. The molecule has 0 radical (unpaired) electrons. The molecule has 1 aromatic heterocycles. The zero-order chi connectivity index (χ0) is 12.3. The van der Waals surface area contributed by atoms with Crippen LogP contribution in [0.1, 0.15) is 5.56 Å². The fourth-order valence-corrected chi connectivity index (χ4v) is 2.08. The third-order valence-electron chi connectivity index (χ3n) is 2.04. The molecule has 2 rings (SSSR count). The molecule has 0 bridgehead atoms. The predicted molar refractivity (Wildman–Crippen MR) is 64.6 cm³/mol. The highest BCUT2D eigenvalue weighted by molar-refractivity contribution is 7.99. The Labute approximate surface area is 101 Å². The van der Waals surface area contributed by atoms with Crippen molar-refractivity contribution in [1.29, 1.82) is 5.26 Å². The molecule has 5 nitrogen and oxygen atoms in total. The molecule has 0 fully saturated rings. The molecule has 0 spiro atoms. The Hall–Kier alpha value is -2.26. The zero-order valence-electron chi connectivity index (χ0n) is 8.68. The number of nitrogen functional groups attached to an aromatic ring is 1. The number of hydrogen-bond acceptors (Lipinski definition) is 5. The highest BCUT2D eigenvalue weighted by Crippen LogP contribution is 2.30. The van der Waals surface area contributed by atoms with Crippen LogP contribution in [-0.4, -0.2) is 9.97 Å². The Balaban J connectivity index is 2.37. The Morgan fingerprint density at radius 3 is 2.94 bits per heavy atom. The van der Waals surface area contributed by atoms with Crippen molar-refractivity contribution in [2.24, 2.45) is 0 Å². The quantitative estimate of drug-likeness (QED) is 0.614. The fourth-order valence-electron chi connectivity index (χ4n) is 1.24. The average Bonchev–Trinajstić information content (AvgIpc) is 2.32. The fraction of sp³-hybridized carbons (Fsp3) is 0. The molecule has 0 aliphatic carbocycles. The molecule has 17 heavy (non-hydrogen) atoms.